The molecule has 0 aromatic heterocycles. The normalized spacial score (nSPS) is 21.5. The van der Waals surface area contributed by atoms with Crippen LogP contribution in [0.25, 0.3) is 0 Å². The summed E-state index contributed by atoms with van der Waals surface area (Å²) < 4.78 is 5.21. The summed E-state index contributed by atoms with van der Waals surface area (Å²) in [5.74, 6) is -2.85. The van der Waals surface area contributed by atoms with Crippen molar-refractivity contribution in [1.29, 1.82) is 0 Å². The van der Waals surface area contributed by atoms with Crippen molar-refractivity contribution in [1.82, 2.24) is 10.2 Å². The van der Waals surface area contributed by atoms with Crippen LogP contribution in [0.3, 0.4) is 0 Å². The minimum Gasteiger partial charge on any atom is -0.481 e. The molecule has 0 saturated carbocycles. The summed E-state index contributed by atoms with van der Waals surface area (Å²) in [7, 11) is 1.77. The Labute approximate surface area is 140 Å². The predicted molar refractivity (Wildman–Crippen MR) is 82.6 cm³/mol. The first-order valence-electron chi connectivity index (χ1n) is 7.33. The Hall–Kier alpha value is -1.91. The van der Waals surface area contributed by atoms with E-state index in [1.807, 2.05) is 20.8 Å². The van der Waals surface area contributed by atoms with Crippen LogP contribution in [-0.2, 0) is 14.3 Å². The number of carbonyl (C=O) groups is 3. The summed E-state index contributed by atoms with van der Waals surface area (Å²) in [4.78, 5) is 32.6. The number of aliphatic hydroxyl groups is 2. The molecule has 3 unspecified atom stereocenters. The molecule has 140 valence electrons. The number of aliphatic hydroxyl groups excluding tert-OH is 2. The number of hydrogen-bond donors (Lipinski definition) is 5. The van der Waals surface area contributed by atoms with E-state index in [1.54, 1.807) is 7.05 Å². The average molecular weight is 350 g/mol. The van der Waals surface area contributed by atoms with Gasteiger partial charge in [0.05, 0.1) is 25.1 Å². The first-order chi connectivity index (χ1) is 10.9. The summed E-state index contributed by atoms with van der Waals surface area (Å²) in [6.07, 6.45) is -3.42. The summed E-state index contributed by atoms with van der Waals surface area (Å²) in [6.45, 7) is 6.31. The van der Waals surface area contributed by atoms with Crippen LogP contribution in [-0.4, -0.2) is 87.3 Å². The van der Waals surface area contributed by atoms with Gasteiger partial charge in [-0.05, 0) is 27.8 Å². The van der Waals surface area contributed by atoms with Gasteiger partial charge < -0.3 is 35.4 Å². The first kappa shape index (κ1) is 22.1. The Balaban J connectivity index is 0.000000506. The highest BCUT2D eigenvalue weighted by atomic mass is 16.6. The van der Waals surface area contributed by atoms with Gasteiger partial charge >= 0.3 is 18.0 Å². The molecule has 1 saturated heterocycles. The van der Waals surface area contributed by atoms with Gasteiger partial charge in [-0.15, -0.1) is 0 Å². The van der Waals surface area contributed by atoms with Crippen LogP contribution in [0, 0.1) is 0 Å². The van der Waals surface area contributed by atoms with E-state index < -0.39 is 36.2 Å². The third-order valence-electron chi connectivity index (χ3n) is 2.96. The first-order valence-corrected chi connectivity index (χ1v) is 7.33. The number of carboxylic acid groups (broad SMARTS) is 2. The fraction of sp³-hybridized carbons (Fsp3) is 0.786. The van der Waals surface area contributed by atoms with E-state index in [9.17, 15) is 19.5 Å². The number of likely N-dealkylation sites (tertiary alicyclic amines) is 1. The minimum atomic E-state index is -1.79. The zero-order valence-corrected chi connectivity index (χ0v) is 14.2. The van der Waals surface area contributed by atoms with Gasteiger partial charge in [0.2, 0.25) is 0 Å². The monoisotopic (exact) mass is 350 g/mol. The Morgan fingerprint density at radius 1 is 1.25 bits per heavy atom. The van der Waals surface area contributed by atoms with Crippen molar-refractivity contribution >= 4 is 18.0 Å². The third-order valence-corrected chi connectivity index (χ3v) is 2.96. The number of amides is 1. The maximum Gasteiger partial charge on any atom is 0.410 e. The molecule has 1 amide bonds. The van der Waals surface area contributed by atoms with E-state index in [0.717, 1.165) is 0 Å². The van der Waals surface area contributed by atoms with Crippen molar-refractivity contribution in [2.75, 3.05) is 20.1 Å². The van der Waals surface area contributed by atoms with E-state index >= 15 is 0 Å². The van der Waals surface area contributed by atoms with Gasteiger partial charge in [-0.3, -0.25) is 4.79 Å². The van der Waals surface area contributed by atoms with Crippen molar-refractivity contribution in [3.8, 4) is 0 Å². The number of nitrogens with one attached hydrogen (secondary N) is 1. The van der Waals surface area contributed by atoms with Gasteiger partial charge in [-0.1, -0.05) is 0 Å². The van der Waals surface area contributed by atoms with Gasteiger partial charge in [0.1, 0.15) is 5.60 Å². The van der Waals surface area contributed by atoms with Crippen LogP contribution >= 0.6 is 0 Å². The highest BCUT2D eigenvalue weighted by molar-refractivity contribution is 5.79. The van der Waals surface area contributed by atoms with Crippen molar-refractivity contribution < 1.29 is 39.5 Å². The van der Waals surface area contributed by atoms with Crippen LogP contribution in [0.15, 0.2) is 0 Å². The van der Waals surface area contributed by atoms with Gasteiger partial charge in [0.25, 0.3) is 0 Å². The second-order valence-electron chi connectivity index (χ2n) is 6.30. The van der Waals surface area contributed by atoms with Gasteiger partial charge in [0.15, 0.2) is 6.10 Å². The van der Waals surface area contributed by atoms with Crippen LogP contribution in [0.4, 0.5) is 4.79 Å². The zero-order chi connectivity index (χ0) is 19.1. The van der Waals surface area contributed by atoms with Crippen LogP contribution in [0.5, 0.6) is 0 Å². The van der Waals surface area contributed by atoms with E-state index in [4.69, 9.17) is 20.1 Å². The van der Waals surface area contributed by atoms with E-state index in [-0.39, 0.29) is 12.1 Å². The maximum atomic E-state index is 11.6. The largest absolute Gasteiger partial charge is 0.481 e. The highest BCUT2D eigenvalue weighted by Gasteiger charge is 2.35. The second-order valence-corrected chi connectivity index (χ2v) is 6.30. The number of carboxylic acids is 2. The molecular formula is C14H26N2O8. The molecule has 1 heterocycles. The molecule has 0 aromatic rings. The Bertz CT molecular complexity index is 449. The zero-order valence-electron chi connectivity index (χ0n) is 14.2. The van der Waals surface area contributed by atoms with Crippen LogP contribution in [0.2, 0.25) is 0 Å². The van der Waals surface area contributed by atoms with Gasteiger partial charge in [-0.25, -0.2) is 9.59 Å². The molecule has 10 nitrogen and oxygen atoms in total. The molecule has 0 radical (unpaired) electrons. The molecule has 10 heteroatoms. The summed E-state index contributed by atoms with van der Waals surface area (Å²) in [5, 5.41) is 36.7. The number of hydrogen-bond acceptors (Lipinski definition) is 7. The fourth-order valence-electron chi connectivity index (χ4n) is 1.80. The van der Waals surface area contributed by atoms with E-state index in [0.29, 0.717) is 13.1 Å². The lowest BCUT2D eigenvalue weighted by atomic mass is 10.2. The lowest BCUT2D eigenvalue weighted by Gasteiger charge is -2.24. The lowest BCUT2D eigenvalue weighted by Crippen LogP contribution is -2.38. The average Bonchev–Trinajstić information content (AvgIpc) is 2.78. The Morgan fingerprint density at radius 3 is 2.08 bits per heavy atom. The molecule has 0 aliphatic carbocycles. The Morgan fingerprint density at radius 2 is 1.79 bits per heavy atom. The summed E-state index contributed by atoms with van der Waals surface area (Å²) in [6, 6.07) is -0.0579. The maximum absolute atomic E-state index is 11.6. The number of aliphatic carboxylic acids is 2. The number of nitrogens with zero attached hydrogens (tertiary/aromatic N) is 1. The SMILES string of the molecule is CNC1CN(C(=O)OC(C)(C)C)CC1O.O=C(O)CC(O)C(=O)O. The van der Waals surface area contributed by atoms with Crippen molar-refractivity contribution in [2.45, 2.75) is 51.0 Å². The number of β-amino-alcohol motifs (C(OH)–C–C–N with tert-alkyl or cyclic N) is 1. The highest BCUT2D eigenvalue weighted by Crippen LogP contribution is 2.15. The molecule has 3 atom stereocenters. The van der Waals surface area contributed by atoms with Crippen molar-refractivity contribution in [3.05, 3.63) is 0 Å². The molecule has 1 fully saturated rings. The molecular weight excluding hydrogens is 324 g/mol. The molecule has 24 heavy (non-hydrogen) atoms. The second kappa shape index (κ2) is 9.40. The van der Waals surface area contributed by atoms with Crippen LogP contribution in [0.1, 0.15) is 27.2 Å². The van der Waals surface area contributed by atoms with Gasteiger partial charge in [-0.2, -0.15) is 0 Å². The number of likely N-dealkylation sites (N-methyl/N-ethyl adjacent to an activating group) is 1. The van der Waals surface area contributed by atoms with Crippen molar-refractivity contribution in [3.63, 3.8) is 0 Å². The Kier molecular flexibility index (Phi) is 8.65. The summed E-state index contributed by atoms with van der Waals surface area (Å²) >= 11 is 0. The number of carbonyl (C=O) groups excluding carboxylic acids is 1. The minimum absolute atomic E-state index is 0.0579. The fourth-order valence-corrected chi connectivity index (χ4v) is 1.80. The van der Waals surface area contributed by atoms with E-state index in [1.165, 1.54) is 4.90 Å². The molecule has 0 spiro atoms. The van der Waals surface area contributed by atoms with E-state index in [2.05, 4.69) is 5.32 Å². The number of rotatable bonds is 4. The van der Waals surface area contributed by atoms with Gasteiger partial charge in [0, 0.05) is 6.54 Å². The molecule has 1 aliphatic heterocycles. The van der Waals surface area contributed by atoms with Crippen molar-refractivity contribution in [2.24, 2.45) is 0 Å². The standard InChI is InChI=1S/C10H20N2O3.C4H6O5/c1-10(2,3)15-9(14)12-5-7(11-4)8(13)6-12;5-2(4(8)9)1-3(6)7/h7-8,11,13H,5-6H2,1-4H3;2,5H,1H2,(H,6,7)(H,8,9). The number of ether oxygens (including phenoxy) is 1. The molecule has 0 bridgehead atoms. The molecule has 5 N–H and O–H groups in total. The third kappa shape index (κ3) is 8.65. The molecule has 1 rings (SSSR count). The molecule has 1 aliphatic rings. The predicted octanol–water partition coefficient (Wildman–Crippen LogP) is -0.907. The summed E-state index contributed by atoms with van der Waals surface area (Å²) in [5.41, 5.74) is -0.486. The lowest BCUT2D eigenvalue weighted by molar-refractivity contribution is -0.152. The topological polar surface area (TPSA) is 157 Å². The molecule has 0 aromatic carbocycles. The smallest absolute Gasteiger partial charge is 0.410 e. The van der Waals surface area contributed by atoms with Crippen LogP contribution < -0.4 is 5.32 Å². The quantitative estimate of drug-likeness (QED) is 0.433.